The number of para-hydroxylation sites is 3. The molecule has 1 fully saturated rings. The van der Waals surface area contributed by atoms with Gasteiger partial charge in [0, 0.05) is 54.5 Å². The van der Waals surface area contributed by atoms with Crippen molar-refractivity contribution in [1.29, 1.82) is 0 Å². The molecule has 0 spiro atoms. The molecule has 0 radical (unpaired) electrons. The second kappa shape index (κ2) is 9.65. The number of fused-ring (bicyclic) bond motifs is 3. The molecule has 5 rings (SSSR count). The Kier molecular flexibility index (Phi) is 6.28. The van der Waals surface area contributed by atoms with Crippen LogP contribution >= 0.6 is 0 Å². The van der Waals surface area contributed by atoms with E-state index in [9.17, 15) is 9.90 Å². The first-order valence-corrected chi connectivity index (χ1v) is 11.5. The predicted molar refractivity (Wildman–Crippen MR) is 130 cm³/mol. The van der Waals surface area contributed by atoms with Crippen LogP contribution in [-0.2, 0) is 11.3 Å². The van der Waals surface area contributed by atoms with Crippen LogP contribution in [0.3, 0.4) is 0 Å². The summed E-state index contributed by atoms with van der Waals surface area (Å²) in [6.07, 6.45) is -0.493. The number of nitrogens with zero attached hydrogens (tertiary/aromatic N) is 3. The van der Waals surface area contributed by atoms with Crippen molar-refractivity contribution in [3.8, 4) is 5.75 Å². The van der Waals surface area contributed by atoms with Crippen LogP contribution in [0.15, 0.2) is 78.9 Å². The molecule has 4 aromatic rings. The Morgan fingerprint density at radius 1 is 0.788 bits per heavy atom. The molecule has 1 N–H and O–H groups in total. The van der Waals surface area contributed by atoms with Crippen molar-refractivity contribution in [2.45, 2.75) is 12.6 Å². The topological polar surface area (TPSA) is 57.9 Å². The molecule has 1 amide bonds. The summed E-state index contributed by atoms with van der Waals surface area (Å²) in [5.41, 5.74) is 2.29. The lowest BCUT2D eigenvalue weighted by molar-refractivity contribution is -0.135. The molecule has 1 aliphatic rings. The largest absolute Gasteiger partial charge is 0.484 e. The fourth-order valence-corrected chi connectivity index (χ4v) is 4.70. The molecule has 0 aliphatic carbocycles. The average Bonchev–Trinajstić information content (AvgIpc) is 3.17. The average molecular weight is 444 g/mol. The predicted octanol–water partition coefficient (Wildman–Crippen LogP) is 3.38. The number of aliphatic hydroxyl groups excluding tert-OH is 1. The van der Waals surface area contributed by atoms with Gasteiger partial charge in [0.2, 0.25) is 0 Å². The lowest BCUT2D eigenvalue weighted by Crippen LogP contribution is -2.51. The number of carbonyl (C=O) groups is 1. The van der Waals surface area contributed by atoms with Crippen LogP contribution in [0.25, 0.3) is 21.8 Å². The number of rotatable bonds is 7. The lowest BCUT2D eigenvalue weighted by atomic mass is 10.2. The Balaban J connectivity index is 1.16. The molecule has 3 aromatic carbocycles. The van der Waals surface area contributed by atoms with E-state index in [0.29, 0.717) is 31.9 Å². The fourth-order valence-electron chi connectivity index (χ4n) is 4.70. The van der Waals surface area contributed by atoms with Crippen LogP contribution < -0.4 is 4.74 Å². The fraction of sp³-hybridized carbons (Fsp3) is 0.296. The zero-order valence-corrected chi connectivity index (χ0v) is 18.6. The van der Waals surface area contributed by atoms with Crippen LogP contribution in [0.4, 0.5) is 0 Å². The van der Waals surface area contributed by atoms with Gasteiger partial charge in [-0.3, -0.25) is 9.69 Å². The molecule has 1 unspecified atom stereocenters. The number of piperazine rings is 1. The van der Waals surface area contributed by atoms with Gasteiger partial charge in [-0.1, -0.05) is 54.6 Å². The number of benzene rings is 3. The van der Waals surface area contributed by atoms with Gasteiger partial charge in [-0.05, 0) is 24.3 Å². The highest BCUT2D eigenvalue weighted by molar-refractivity contribution is 6.07. The van der Waals surface area contributed by atoms with E-state index in [0.717, 1.165) is 24.1 Å². The van der Waals surface area contributed by atoms with Crippen LogP contribution in [0, 0.1) is 0 Å². The molecule has 1 saturated heterocycles. The minimum atomic E-state index is -0.493. The van der Waals surface area contributed by atoms with Gasteiger partial charge in [0.1, 0.15) is 5.75 Å². The van der Waals surface area contributed by atoms with Crippen LogP contribution in [0.1, 0.15) is 0 Å². The number of β-amino-alcohol motifs (C(OH)–C–C–N with tert-alkyl or cyclic N) is 1. The Labute approximate surface area is 193 Å². The van der Waals surface area contributed by atoms with Crippen molar-refractivity contribution in [2.24, 2.45) is 0 Å². The minimum absolute atomic E-state index is 0.00401. The van der Waals surface area contributed by atoms with E-state index in [1.165, 1.54) is 10.8 Å². The first-order chi connectivity index (χ1) is 16.2. The van der Waals surface area contributed by atoms with Crippen LogP contribution in [0.2, 0.25) is 0 Å². The molecular formula is C27H29N3O3. The summed E-state index contributed by atoms with van der Waals surface area (Å²) in [5.74, 6) is 0.710. The SMILES string of the molecule is O=C(COc1ccccc1)N1CCN(CC(O)Cn2c3ccccc3c3ccccc32)CC1. The monoisotopic (exact) mass is 443 g/mol. The second-order valence-corrected chi connectivity index (χ2v) is 8.58. The maximum Gasteiger partial charge on any atom is 0.260 e. The number of amides is 1. The standard InChI is InChI=1S/C27H29N3O3/c31-21(19-30-25-12-6-4-10-23(25)24-11-5-7-13-26(24)30)18-28-14-16-29(17-15-28)27(32)20-33-22-8-2-1-3-9-22/h1-13,21,31H,14-20H2. The van der Waals surface area contributed by atoms with E-state index >= 15 is 0 Å². The van der Waals surface area contributed by atoms with Gasteiger partial charge in [-0.2, -0.15) is 0 Å². The van der Waals surface area contributed by atoms with Gasteiger partial charge >= 0.3 is 0 Å². The molecule has 6 nitrogen and oxygen atoms in total. The Morgan fingerprint density at radius 2 is 1.36 bits per heavy atom. The van der Waals surface area contributed by atoms with Crippen molar-refractivity contribution in [3.05, 3.63) is 78.9 Å². The Morgan fingerprint density at radius 3 is 2.00 bits per heavy atom. The summed E-state index contributed by atoms with van der Waals surface area (Å²) in [4.78, 5) is 16.6. The molecule has 170 valence electrons. The lowest BCUT2D eigenvalue weighted by Gasteiger charge is -2.35. The van der Waals surface area contributed by atoms with E-state index in [4.69, 9.17) is 4.74 Å². The third kappa shape index (κ3) is 4.72. The van der Waals surface area contributed by atoms with Crippen LogP contribution in [0.5, 0.6) is 5.75 Å². The van der Waals surface area contributed by atoms with Gasteiger partial charge in [0.25, 0.3) is 5.91 Å². The van der Waals surface area contributed by atoms with Crippen molar-refractivity contribution in [3.63, 3.8) is 0 Å². The second-order valence-electron chi connectivity index (χ2n) is 8.58. The van der Waals surface area contributed by atoms with E-state index in [2.05, 4.69) is 45.9 Å². The molecule has 1 aromatic heterocycles. The van der Waals surface area contributed by atoms with Crippen molar-refractivity contribution in [1.82, 2.24) is 14.4 Å². The zero-order chi connectivity index (χ0) is 22.6. The number of carbonyl (C=O) groups excluding carboxylic acids is 1. The van der Waals surface area contributed by atoms with Crippen molar-refractivity contribution in [2.75, 3.05) is 39.3 Å². The molecule has 33 heavy (non-hydrogen) atoms. The Bertz CT molecular complexity index is 1180. The minimum Gasteiger partial charge on any atom is -0.484 e. The number of ether oxygens (including phenoxy) is 1. The molecule has 0 bridgehead atoms. The third-order valence-corrected chi connectivity index (χ3v) is 6.37. The summed E-state index contributed by atoms with van der Waals surface area (Å²) >= 11 is 0. The van der Waals surface area contributed by atoms with E-state index < -0.39 is 6.10 Å². The number of aliphatic hydroxyl groups is 1. The smallest absolute Gasteiger partial charge is 0.260 e. The van der Waals surface area contributed by atoms with Gasteiger partial charge < -0.3 is 19.3 Å². The molecular weight excluding hydrogens is 414 g/mol. The van der Waals surface area contributed by atoms with Crippen molar-refractivity contribution >= 4 is 27.7 Å². The third-order valence-electron chi connectivity index (χ3n) is 6.37. The zero-order valence-electron chi connectivity index (χ0n) is 18.6. The highest BCUT2D eigenvalue weighted by atomic mass is 16.5. The summed E-state index contributed by atoms with van der Waals surface area (Å²) in [6, 6.07) is 26.1. The highest BCUT2D eigenvalue weighted by Crippen LogP contribution is 2.29. The number of hydrogen-bond acceptors (Lipinski definition) is 4. The van der Waals surface area contributed by atoms with Gasteiger partial charge in [-0.15, -0.1) is 0 Å². The summed E-state index contributed by atoms with van der Waals surface area (Å²) in [7, 11) is 0. The van der Waals surface area contributed by atoms with Crippen LogP contribution in [-0.4, -0.2) is 70.8 Å². The quantitative estimate of drug-likeness (QED) is 0.476. The summed E-state index contributed by atoms with van der Waals surface area (Å²) < 4.78 is 7.81. The molecule has 0 saturated carbocycles. The number of hydrogen-bond donors (Lipinski definition) is 1. The maximum atomic E-state index is 12.5. The van der Waals surface area contributed by atoms with Gasteiger partial charge in [0.15, 0.2) is 6.61 Å². The highest BCUT2D eigenvalue weighted by Gasteiger charge is 2.23. The van der Waals surface area contributed by atoms with Crippen molar-refractivity contribution < 1.29 is 14.6 Å². The first kappa shape index (κ1) is 21.5. The van der Waals surface area contributed by atoms with Gasteiger partial charge in [-0.25, -0.2) is 0 Å². The first-order valence-electron chi connectivity index (χ1n) is 11.5. The van der Waals surface area contributed by atoms with E-state index in [-0.39, 0.29) is 12.5 Å². The summed E-state index contributed by atoms with van der Waals surface area (Å²) in [5, 5.41) is 13.3. The maximum absolute atomic E-state index is 12.5. The van der Waals surface area contributed by atoms with Gasteiger partial charge in [0.05, 0.1) is 12.6 Å². The molecule has 1 aliphatic heterocycles. The van der Waals surface area contributed by atoms with E-state index in [1.54, 1.807) is 0 Å². The molecule has 2 heterocycles. The molecule has 6 heteroatoms. The summed E-state index contributed by atoms with van der Waals surface area (Å²) in [6.45, 7) is 3.99. The normalized spacial score (nSPS) is 15.7. The number of aromatic nitrogens is 1. The molecule has 1 atom stereocenters. The Hall–Kier alpha value is -3.35. The van der Waals surface area contributed by atoms with E-state index in [1.807, 2.05) is 47.4 Å².